The topological polar surface area (TPSA) is 74.2 Å². The molecule has 6 heteroatoms. The Balaban J connectivity index is 1.56. The molecule has 0 aliphatic carbocycles. The Bertz CT molecular complexity index is 1250. The number of hydrogen-bond acceptors (Lipinski definition) is 6. The van der Waals surface area contributed by atoms with Crippen molar-refractivity contribution in [3.63, 3.8) is 0 Å². The van der Waals surface area contributed by atoms with Crippen LogP contribution in [0.4, 0.5) is 0 Å². The van der Waals surface area contributed by atoms with Crippen molar-refractivity contribution in [1.29, 1.82) is 0 Å². The van der Waals surface area contributed by atoms with Gasteiger partial charge in [-0.05, 0) is 43.2 Å². The highest BCUT2D eigenvalue weighted by molar-refractivity contribution is 5.73. The molecule has 0 amide bonds. The van der Waals surface area contributed by atoms with Crippen molar-refractivity contribution in [3.05, 3.63) is 89.5 Å². The molecule has 0 radical (unpaired) electrons. The lowest BCUT2D eigenvalue weighted by Crippen LogP contribution is -2.07. The summed E-state index contributed by atoms with van der Waals surface area (Å²) in [5.41, 5.74) is 2.40. The highest BCUT2D eigenvalue weighted by Crippen LogP contribution is 2.33. The number of benzene rings is 3. The van der Waals surface area contributed by atoms with Crippen LogP contribution in [0.25, 0.3) is 6.08 Å². The van der Waals surface area contributed by atoms with Crippen molar-refractivity contribution in [3.8, 4) is 23.0 Å². The van der Waals surface area contributed by atoms with Crippen molar-refractivity contribution in [2.24, 2.45) is 0 Å². The van der Waals surface area contributed by atoms with Gasteiger partial charge in [0.05, 0.1) is 13.7 Å². The summed E-state index contributed by atoms with van der Waals surface area (Å²) < 4.78 is 22.9. The number of carbonyl (C=O) groups excluding carboxylic acids is 1. The number of esters is 1. The van der Waals surface area contributed by atoms with Crippen LogP contribution in [0, 0.1) is 0 Å². The van der Waals surface area contributed by atoms with E-state index < -0.39 is 6.10 Å². The van der Waals surface area contributed by atoms with E-state index in [1.165, 1.54) is 38.5 Å². The lowest BCUT2D eigenvalue weighted by atomic mass is 10.1. The second kappa shape index (κ2) is 19.4. The molecular weight excluding hydrogens is 540 g/mol. The zero-order valence-corrected chi connectivity index (χ0v) is 26.1. The van der Waals surface area contributed by atoms with Gasteiger partial charge in [0.25, 0.3) is 0 Å². The van der Waals surface area contributed by atoms with E-state index in [9.17, 15) is 9.90 Å². The van der Waals surface area contributed by atoms with E-state index in [1.807, 2.05) is 55.5 Å². The largest absolute Gasteiger partial charge is 0.496 e. The highest BCUT2D eigenvalue weighted by atomic mass is 16.5. The maximum atomic E-state index is 12.4. The summed E-state index contributed by atoms with van der Waals surface area (Å²) in [4.78, 5) is 12.4. The first-order valence-electron chi connectivity index (χ1n) is 15.7. The van der Waals surface area contributed by atoms with Crippen LogP contribution < -0.4 is 18.9 Å². The van der Waals surface area contributed by atoms with Crippen molar-refractivity contribution >= 4 is 12.0 Å². The Morgan fingerprint density at radius 2 is 1.47 bits per heavy atom. The Morgan fingerprint density at radius 1 is 0.791 bits per heavy atom. The molecule has 0 saturated heterocycles. The van der Waals surface area contributed by atoms with Crippen LogP contribution in [0.2, 0.25) is 0 Å². The predicted molar refractivity (Wildman–Crippen MR) is 173 cm³/mol. The number of unbranched alkanes of at least 4 members (excludes halogenated alkanes) is 8. The number of hydrogen-bond donors (Lipinski definition) is 1. The van der Waals surface area contributed by atoms with Crippen LogP contribution in [0.1, 0.15) is 101 Å². The molecule has 1 unspecified atom stereocenters. The predicted octanol–water partition coefficient (Wildman–Crippen LogP) is 9.25. The molecular formula is C37H48O6. The molecule has 3 rings (SSSR count). The van der Waals surface area contributed by atoms with E-state index in [0.717, 1.165) is 30.4 Å². The molecule has 0 saturated carbocycles. The molecule has 0 spiro atoms. The van der Waals surface area contributed by atoms with Gasteiger partial charge in [-0.3, -0.25) is 4.79 Å². The number of aliphatic hydroxyl groups excluding tert-OH is 1. The number of methoxy groups -OCH3 is 1. The summed E-state index contributed by atoms with van der Waals surface area (Å²) in [5.74, 6) is 1.98. The smallest absolute Gasteiger partial charge is 0.311 e. The summed E-state index contributed by atoms with van der Waals surface area (Å²) in [7, 11) is 1.57. The van der Waals surface area contributed by atoms with Crippen LogP contribution in [-0.2, 0) is 11.4 Å². The van der Waals surface area contributed by atoms with Gasteiger partial charge >= 0.3 is 5.97 Å². The minimum Gasteiger partial charge on any atom is -0.496 e. The molecule has 43 heavy (non-hydrogen) atoms. The van der Waals surface area contributed by atoms with Gasteiger partial charge in [-0.15, -0.1) is 0 Å². The van der Waals surface area contributed by atoms with Gasteiger partial charge in [-0.1, -0.05) is 101 Å². The van der Waals surface area contributed by atoms with Crippen molar-refractivity contribution < 1.29 is 28.8 Å². The molecule has 1 N–H and O–H groups in total. The second-order valence-corrected chi connectivity index (χ2v) is 10.7. The summed E-state index contributed by atoms with van der Waals surface area (Å²) >= 11 is 0. The van der Waals surface area contributed by atoms with Gasteiger partial charge in [-0.2, -0.15) is 0 Å². The minimum absolute atomic E-state index is 0.234. The Kier molecular flexibility index (Phi) is 15.2. The van der Waals surface area contributed by atoms with Gasteiger partial charge in [0.1, 0.15) is 35.7 Å². The molecule has 0 aliphatic heterocycles. The van der Waals surface area contributed by atoms with Crippen LogP contribution in [0.15, 0.2) is 72.8 Å². The lowest BCUT2D eigenvalue weighted by Gasteiger charge is -2.16. The maximum Gasteiger partial charge on any atom is 0.311 e. The SMILES string of the molecule is CCCCCCCCCCCC(=O)Oc1ccc(C=CC(O)c2ccc(OCC)cc2OCc2ccccc2)c(OC)c1. The maximum absolute atomic E-state index is 12.4. The highest BCUT2D eigenvalue weighted by Gasteiger charge is 2.14. The molecule has 3 aromatic carbocycles. The standard InChI is InChI=1S/C37H48O6/c1-4-6-7-8-9-10-11-12-16-19-37(39)43-32-22-20-30(35(27-32)40-3)21-25-34(38)33-24-23-31(41-5-2)26-36(33)42-28-29-17-14-13-15-18-29/h13-15,17-18,20-27,34,38H,4-12,16,19,28H2,1-3H3. The van der Waals surface area contributed by atoms with Crippen LogP contribution in [0.5, 0.6) is 23.0 Å². The molecule has 6 nitrogen and oxygen atoms in total. The third-order valence-electron chi connectivity index (χ3n) is 7.23. The fraction of sp³-hybridized carbons (Fsp3) is 0.432. The van der Waals surface area contributed by atoms with Crippen LogP contribution >= 0.6 is 0 Å². The Labute approximate surface area is 257 Å². The Hall–Kier alpha value is -3.77. The van der Waals surface area contributed by atoms with Gasteiger partial charge in [-0.25, -0.2) is 0 Å². The number of rotatable bonds is 20. The first-order chi connectivity index (χ1) is 21.0. The van der Waals surface area contributed by atoms with Gasteiger partial charge in [0.2, 0.25) is 0 Å². The van der Waals surface area contributed by atoms with Crippen molar-refractivity contribution in [2.75, 3.05) is 13.7 Å². The average Bonchev–Trinajstić information content (AvgIpc) is 3.03. The zero-order valence-electron chi connectivity index (χ0n) is 26.1. The monoisotopic (exact) mass is 588 g/mol. The van der Waals surface area contributed by atoms with Gasteiger partial charge in [0, 0.05) is 29.7 Å². The van der Waals surface area contributed by atoms with E-state index in [4.69, 9.17) is 18.9 Å². The summed E-state index contributed by atoms with van der Waals surface area (Å²) in [6, 6.07) is 20.6. The first kappa shape index (κ1) is 33.7. The molecule has 0 aromatic heterocycles. The third-order valence-corrected chi connectivity index (χ3v) is 7.23. The lowest BCUT2D eigenvalue weighted by molar-refractivity contribution is -0.134. The number of aliphatic hydroxyl groups is 1. The molecule has 0 fully saturated rings. The minimum atomic E-state index is -0.931. The van der Waals surface area contributed by atoms with Crippen molar-refractivity contribution in [1.82, 2.24) is 0 Å². The van der Waals surface area contributed by atoms with Crippen LogP contribution in [0.3, 0.4) is 0 Å². The van der Waals surface area contributed by atoms with Gasteiger partial charge in [0.15, 0.2) is 0 Å². The summed E-state index contributed by atoms with van der Waals surface area (Å²) in [6.07, 6.45) is 13.7. The average molecular weight is 589 g/mol. The molecule has 3 aromatic rings. The second-order valence-electron chi connectivity index (χ2n) is 10.7. The van der Waals surface area contributed by atoms with E-state index in [2.05, 4.69) is 6.92 Å². The molecule has 232 valence electrons. The van der Waals surface area contributed by atoms with E-state index in [-0.39, 0.29) is 5.97 Å². The van der Waals surface area contributed by atoms with E-state index in [0.29, 0.717) is 48.2 Å². The number of ether oxygens (including phenoxy) is 4. The molecule has 0 bridgehead atoms. The van der Waals surface area contributed by atoms with Gasteiger partial charge < -0.3 is 24.1 Å². The van der Waals surface area contributed by atoms with E-state index in [1.54, 1.807) is 37.5 Å². The first-order valence-corrected chi connectivity index (χ1v) is 15.7. The fourth-order valence-electron chi connectivity index (χ4n) is 4.83. The van der Waals surface area contributed by atoms with Crippen molar-refractivity contribution in [2.45, 2.75) is 90.8 Å². The fourth-order valence-corrected chi connectivity index (χ4v) is 4.83. The zero-order chi connectivity index (χ0) is 30.7. The third kappa shape index (κ3) is 12.2. The van der Waals surface area contributed by atoms with Crippen LogP contribution in [-0.4, -0.2) is 24.8 Å². The molecule has 0 heterocycles. The summed E-state index contributed by atoms with van der Waals surface area (Å²) in [6.45, 7) is 5.06. The Morgan fingerprint density at radius 3 is 2.16 bits per heavy atom. The normalized spacial score (nSPS) is 11.8. The molecule has 1 atom stereocenters. The molecule has 0 aliphatic rings. The summed E-state index contributed by atoms with van der Waals surface area (Å²) in [5, 5.41) is 11.1. The quantitative estimate of drug-likeness (QED) is 0.0806. The van der Waals surface area contributed by atoms with E-state index >= 15 is 0 Å². The number of carbonyl (C=O) groups is 1.